The molecule has 2 aromatic carbocycles. The summed E-state index contributed by atoms with van der Waals surface area (Å²) in [6, 6.07) is 10.6. The first-order valence-electron chi connectivity index (χ1n) is 8.18. The van der Waals surface area contributed by atoms with Gasteiger partial charge < -0.3 is 14.8 Å². The van der Waals surface area contributed by atoms with Crippen LogP contribution in [0.25, 0.3) is 0 Å². The van der Waals surface area contributed by atoms with Gasteiger partial charge in [-0.1, -0.05) is 23.8 Å². The maximum atomic E-state index is 12.2. The van der Waals surface area contributed by atoms with Gasteiger partial charge in [0.1, 0.15) is 5.75 Å². The van der Waals surface area contributed by atoms with Crippen LogP contribution in [0.1, 0.15) is 34.0 Å². The predicted molar refractivity (Wildman–Crippen MR) is 97.2 cm³/mol. The second-order valence-corrected chi connectivity index (χ2v) is 5.86. The number of hydrogen-bond acceptors (Lipinski definition) is 4. The Kier molecular flexibility index (Phi) is 6.17. The molecule has 0 spiro atoms. The molecule has 1 N–H and O–H groups in total. The molecule has 0 heterocycles. The molecule has 0 aliphatic rings. The first-order chi connectivity index (χ1) is 11.9. The van der Waals surface area contributed by atoms with Crippen LogP contribution in [0.4, 0.5) is 5.69 Å². The van der Waals surface area contributed by atoms with Crippen LogP contribution in [0.3, 0.4) is 0 Å². The third-order valence-corrected chi connectivity index (χ3v) is 3.66. The van der Waals surface area contributed by atoms with Crippen molar-refractivity contribution in [2.45, 2.75) is 27.7 Å². The Balaban J connectivity index is 1.99. The highest BCUT2D eigenvalue weighted by molar-refractivity contribution is 5.93. The maximum Gasteiger partial charge on any atom is 0.338 e. The molecule has 0 unspecified atom stereocenters. The zero-order valence-electron chi connectivity index (χ0n) is 15.0. The van der Waals surface area contributed by atoms with Gasteiger partial charge in [-0.25, -0.2) is 4.79 Å². The highest BCUT2D eigenvalue weighted by Gasteiger charge is 2.11. The summed E-state index contributed by atoms with van der Waals surface area (Å²) in [4.78, 5) is 23.9. The van der Waals surface area contributed by atoms with Crippen LogP contribution < -0.4 is 10.1 Å². The van der Waals surface area contributed by atoms with Crippen LogP contribution in [0, 0.1) is 20.8 Å². The van der Waals surface area contributed by atoms with E-state index >= 15 is 0 Å². The quantitative estimate of drug-likeness (QED) is 0.812. The molecule has 0 saturated heterocycles. The molecule has 2 aromatic rings. The largest absolute Gasteiger partial charge is 0.484 e. The summed E-state index contributed by atoms with van der Waals surface area (Å²) in [7, 11) is 0. The number of anilines is 1. The van der Waals surface area contributed by atoms with Gasteiger partial charge in [0.25, 0.3) is 5.91 Å². The Hall–Kier alpha value is -2.82. The van der Waals surface area contributed by atoms with E-state index in [1.54, 1.807) is 31.2 Å². The molecule has 2 rings (SSSR count). The Morgan fingerprint density at radius 1 is 1.04 bits per heavy atom. The lowest BCUT2D eigenvalue weighted by Crippen LogP contribution is -2.21. The fourth-order valence-corrected chi connectivity index (χ4v) is 2.63. The molecule has 0 atom stereocenters. The lowest BCUT2D eigenvalue weighted by Gasteiger charge is -2.13. The fourth-order valence-electron chi connectivity index (χ4n) is 2.63. The van der Waals surface area contributed by atoms with Crippen molar-refractivity contribution in [3.05, 3.63) is 58.7 Å². The third-order valence-electron chi connectivity index (χ3n) is 3.66. The maximum absolute atomic E-state index is 12.2. The van der Waals surface area contributed by atoms with Crippen molar-refractivity contribution >= 4 is 17.6 Å². The van der Waals surface area contributed by atoms with E-state index in [4.69, 9.17) is 9.47 Å². The number of ether oxygens (including phenoxy) is 2. The highest BCUT2D eigenvalue weighted by Crippen LogP contribution is 2.22. The molecular formula is C20H23NO4. The Morgan fingerprint density at radius 2 is 1.72 bits per heavy atom. The van der Waals surface area contributed by atoms with Crippen molar-refractivity contribution in [2.75, 3.05) is 18.5 Å². The van der Waals surface area contributed by atoms with E-state index in [2.05, 4.69) is 5.32 Å². The molecule has 0 bridgehead atoms. The number of nitrogens with one attached hydrogen (secondary N) is 1. The molecule has 132 valence electrons. The van der Waals surface area contributed by atoms with Crippen molar-refractivity contribution in [1.29, 1.82) is 0 Å². The number of carbonyl (C=O) groups is 2. The van der Waals surface area contributed by atoms with E-state index in [0.717, 1.165) is 22.4 Å². The Bertz CT molecular complexity index is 760. The van der Waals surface area contributed by atoms with Crippen LogP contribution in [0.2, 0.25) is 0 Å². The van der Waals surface area contributed by atoms with Crippen LogP contribution >= 0.6 is 0 Å². The number of aryl methyl sites for hydroxylation is 3. The van der Waals surface area contributed by atoms with Crippen molar-refractivity contribution in [3.8, 4) is 5.75 Å². The molecule has 0 saturated carbocycles. The van der Waals surface area contributed by atoms with Gasteiger partial charge in [-0.05, 0) is 57.0 Å². The monoisotopic (exact) mass is 341 g/mol. The molecule has 5 heteroatoms. The minimum Gasteiger partial charge on any atom is -0.484 e. The molecule has 0 aromatic heterocycles. The number of rotatable bonds is 6. The third kappa shape index (κ3) is 5.08. The van der Waals surface area contributed by atoms with Gasteiger partial charge in [0, 0.05) is 5.69 Å². The normalized spacial score (nSPS) is 10.2. The second kappa shape index (κ2) is 8.33. The zero-order valence-corrected chi connectivity index (χ0v) is 15.0. The van der Waals surface area contributed by atoms with Crippen LogP contribution in [-0.2, 0) is 9.53 Å². The van der Waals surface area contributed by atoms with Gasteiger partial charge in [0.15, 0.2) is 6.61 Å². The Labute approximate surface area is 148 Å². The second-order valence-electron chi connectivity index (χ2n) is 5.86. The molecule has 25 heavy (non-hydrogen) atoms. The summed E-state index contributed by atoms with van der Waals surface area (Å²) >= 11 is 0. The van der Waals surface area contributed by atoms with Gasteiger partial charge in [-0.15, -0.1) is 0 Å². The topological polar surface area (TPSA) is 64.6 Å². The van der Waals surface area contributed by atoms with Crippen LogP contribution in [0.5, 0.6) is 5.75 Å². The van der Waals surface area contributed by atoms with Gasteiger partial charge in [0.05, 0.1) is 12.2 Å². The minimum absolute atomic E-state index is 0.140. The van der Waals surface area contributed by atoms with Gasteiger partial charge >= 0.3 is 5.97 Å². The minimum atomic E-state index is -0.414. The van der Waals surface area contributed by atoms with Gasteiger partial charge in [-0.3, -0.25) is 4.79 Å². The molecule has 0 aliphatic carbocycles. The molecular weight excluding hydrogens is 318 g/mol. The standard InChI is InChI=1S/C20H23NO4/c1-5-24-20(23)16-7-6-8-17(11-16)25-12-18(22)21-19-14(3)9-13(2)10-15(19)4/h6-11H,5,12H2,1-4H3,(H,21,22). The van der Waals surface area contributed by atoms with Crippen molar-refractivity contribution in [2.24, 2.45) is 0 Å². The number of esters is 1. The summed E-state index contributed by atoms with van der Waals surface area (Å²) in [5.41, 5.74) is 4.37. The summed E-state index contributed by atoms with van der Waals surface area (Å²) in [6.45, 7) is 7.85. The number of amides is 1. The predicted octanol–water partition coefficient (Wildman–Crippen LogP) is 3.81. The van der Waals surface area contributed by atoms with E-state index in [1.165, 1.54) is 0 Å². The van der Waals surface area contributed by atoms with Gasteiger partial charge in [-0.2, -0.15) is 0 Å². The van der Waals surface area contributed by atoms with Crippen molar-refractivity contribution < 1.29 is 19.1 Å². The highest BCUT2D eigenvalue weighted by atomic mass is 16.5. The number of carbonyl (C=O) groups excluding carboxylic acids is 2. The van der Waals surface area contributed by atoms with E-state index in [-0.39, 0.29) is 12.5 Å². The summed E-state index contributed by atoms with van der Waals surface area (Å²) in [5, 5.41) is 2.88. The summed E-state index contributed by atoms with van der Waals surface area (Å²) < 4.78 is 10.4. The summed E-state index contributed by atoms with van der Waals surface area (Å²) in [5.74, 6) is -0.224. The van der Waals surface area contributed by atoms with Crippen LogP contribution in [0.15, 0.2) is 36.4 Å². The summed E-state index contributed by atoms with van der Waals surface area (Å²) in [6.07, 6.45) is 0. The van der Waals surface area contributed by atoms with Crippen molar-refractivity contribution in [3.63, 3.8) is 0 Å². The van der Waals surface area contributed by atoms with E-state index < -0.39 is 5.97 Å². The average molecular weight is 341 g/mol. The zero-order chi connectivity index (χ0) is 18.4. The first kappa shape index (κ1) is 18.5. The molecule has 0 radical (unpaired) electrons. The number of benzene rings is 2. The molecule has 5 nitrogen and oxygen atoms in total. The smallest absolute Gasteiger partial charge is 0.338 e. The van der Waals surface area contributed by atoms with E-state index in [9.17, 15) is 9.59 Å². The lowest BCUT2D eigenvalue weighted by molar-refractivity contribution is -0.118. The number of hydrogen-bond donors (Lipinski definition) is 1. The Morgan fingerprint density at radius 3 is 2.36 bits per heavy atom. The lowest BCUT2D eigenvalue weighted by atomic mass is 10.1. The van der Waals surface area contributed by atoms with Crippen molar-refractivity contribution in [1.82, 2.24) is 0 Å². The molecule has 1 amide bonds. The van der Waals surface area contributed by atoms with Crippen LogP contribution in [-0.4, -0.2) is 25.1 Å². The van der Waals surface area contributed by atoms with E-state index in [1.807, 2.05) is 32.9 Å². The molecule has 0 aliphatic heterocycles. The SMILES string of the molecule is CCOC(=O)c1cccc(OCC(=O)Nc2c(C)cc(C)cc2C)c1. The first-order valence-corrected chi connectivity index (χ1v) is 8.18. The average Bonchev–Trinajstić information content (AvgIpc) is 2.56. The molecule has 0 fully saturated rings. The fraction of sp³-hybridized carbons (Fsp3) is 0.300. The van der Waals surface area contributed by atoms with Gasteiger partial charge in [0.2, 0.25) is 0 Å². The van der Waals surface area contributed by atoms with E-state index in [0.29, 0.717) is 17.9 Å².